The Balaban J connectivity index is 0.00000341. The summed E-state index contributed by atoms with van der Waals surface area (Å²) < 4.78 is 24.5. The van der Waals surface area contributed by atoms with Crippen LogP contribution >= 0.6 is 0 Å². The second-order valence-electron chi connectivity index (χ2n) is 7.52. The van der Waals surface area contributed by atoms with E-state index in [-0.39, 0.29) is 42.1 Å². The molecule has 0 atom stereocenters. The molecule has 8 heteroatoms. The quantitative estimate of drug-likeness (QED) is 0.619. The molecule has 31 heavy (non-hydrogen) atoms. The van der Waals surface area contributed by atoms with Crippen LogP contribution in [0.1, 0.15) is 25.7 Å². The van der Waals surface area contributed by atoms with Crippen LogP contribution in [0.4, 0.5) is 20.6 Å². The van der Waals surface area contributed by atoms with Gasteiger partial charge in [0.1, 0.15) is 12.4 Å². The number of carboxylic acids is 1. The average Bonchev–Trinajstić information content (AvgIpc) is 2.74. The first-order chi connectivity index (χ1) is 14.5. The van der Waals surface area contributed by atoms with E-state index < -0.39 is 17.9 Å². The zero-order valence-electron chi connectivity index (χ0n) is 16.7. The van der Waals surface area contributed by atoms with Crippen molar-refractivity contribution in [3.8, 4) is 0 Å². The molecule has 162 valence electrons. The number of carbonyl (C=O) groups is 2. The number of para-hydroxylation sites is 1. The van der Waals surface area contributed by atoms with Gasteiger partial charge in [-0.25, -0.2) is 18.9 Å². The Labute approximate surface area is 203 Å². The summed E-state index contributed by atoms with van der Waals surface area (Å²) >= 11 is 0. The third-order valence-corrected chi connectivity index (χ3v) is 5.25. The predicted molar refractivity (Wildman–Crippen MR) is 117 cm³/mol. The molecule has 1 amide bonds. The minimum absolute atomic E-state index is 0. The molecule has 2 aromatic carbocycles. The summed E-state index contributed by atoms with van der Waals surface area (Å²) in [7, 11) is 0. The van der Waals surface area contributed by atoms with Crippen LogP contribution in [0.15, 0.2) is 54.6 Å². The van der Waals surface area contributed by atoms with E-state index in [0.717, 1.165) is 25.7 Å². The molecule has 6 nitrogen and oxygen atoms in total. The number of hydrogen-bond donors (Lipinski definition) is 1. The summed E-state index contributed by atoms with van der Waals surface area (Å²) in [6.45, 7) is 0.466. The predicted octanol–water partition coefficient (Wildman–Crippen LogP) is 4.36. The summed E-state index contributed by atoms with van der Waals surface area (Å²) in [4.78, 5) is 24.8. The van der Waals surface area contributed by atoms with Gasteiger partial charge in [-0.15, -0.1) is 0 Å². The molecule has 1 aliphatic carbocycles. The van der Waals surface area contributed by atoms with Gasteiger partial charge in [0.15, 0.2) is 0 Å². The van der Waals surface area contributed by atoms with Crippen molar-refractivity contribution in [2.45, 2.75) is 25.7 Å². The first kappa shape index (κ1) is 25.3. The van der Waals surface area contributed by atoms with Crippen LogP contribution in [0.3, 0.4) is 0 Å². The van der Waals surface area contributed by atoms with Gasteiger partial charge in [-0.2, -0.15) is 0 Å². The standard InChI is InChI=1S/C23H26FNO5.Na.H/c24-19-5-4-8-21(13-19)25(20-6-2-1-3-7-20)23(28)30-15-18-11-9-17(10-12-18)14-29-16-22(26)27;;/h1-8,13,17-18H,9-12,14-16H2,(H,26,27);;. The van der Waals surface area contributed by atoms with E-state index in [2.05, 4.69) is 0 Å². The van der Waals surface area contributed by atoms with Gasteiger partial charge in [0.2, 0.25) is 0 Å². The molecule has 0 aromatic heterocycles. The van der Waals surface area contributed by atoms with Gasteiger partial charge in [-0.05, 0) is 67.9 Å². The van der Waals surface area contributed by atoms with E-state index in [9.17, 15) is 14.0 Å². The van der Waals surface area contributed by atoms with E-state index in [1.165, 1.54) is 17.0 Å². The average molecular weight is 439 g/mol. The Hall–Kier alpha value is -1.93. The first-order valence-electron chi connectivity index (χ1n) is 10.1. The third kappa shape index (κ3) is 7.92. The van der Waals surface area contributed by atoms with Crippen molar-refractivity contribution in [3.05, 3.63) is 60.4 Å². The van der Waals surface area contributed by atoms with Crippen LogP contribution in [0.25, 0.3) is 0 Å². The fourth-order valence-corrected chi connectivity index (χ4v) is 3.68. The summed E-state index contributed by atoms with van der Waals surface area (Å²) in [5, 5.41) is 8.63. The first-order valence-corrected chi connectivity index (χ1v) is 10.1. The van der Waals surface area contributed by atoms with E-state index in [0.29, 0.717) is 30.5 Å². The van der Waals surface area contributed by atoms with Crippen molar-refractivity contribution in [2.24, 2.45) is 11.8 Å². The third-order valence-electron chi connectivity index (χ3n) is 5.25. The van der Waals surface area contributed by atoms with Gasteiger partial charge in [-0.3, -0.25) is 0 Å². The minimum atomic E-state index is -0.961. The number of anilines is 2. The van der Waals surface area contributed by atoms with Gasteiger partial charge in [0, 0.05) is 0 Å². The molecule has 0 bridgehead atoms. The van der Waals surface area contributed by atoms with E-state index in [1.807, 2.05) is 18.2 Å². The molecule has 1 aliphatic rings. The molecular formula is C23H27FNNaO5. The number of carboxylic acid groups (broad SMARTS) is 1. The molecule has 2 aromatic rings. The Morgan fingerprint density at radius 1 is 0.935 bits per heavy atom. The zero-order valence-corrected chi connectivity index (χ0v) is 16.7. The number of nitrogens with zero attached hydrogens (tertiary/aromatic N) is 1. The molecule has 3 rings (SSSR count). The maximum absolute atomic E-state index is 13.7. The zero-order chi connectivity index (χ0) is 21.3. The van der Waals surface area contributed by atoms with Gasteiger partial charge >= 0.3 is 41.6 Å². The molecule has 1 saturated carbocycles. The van der Waals surface area contributed by atoms with Crippen molar-refractivity contribution < 1.29 is 28.6 Å². The van der Waals surface area contributed by atoms with E-state index in [4.69, 9.17) is 14.6 Å². The van der Waals surface area contributed by atoms with Crippen molar-refractivity contribution >= 4 is 53.0 Å². The van der Waals surface area contributed by atoms with Crippen LogP contribution in [0.2, 0.25) is 0 Å². The Kier molecular flexibility index (Phi) is 10.5. The summed E-state index contributed by atoms with van der Waals surface area (Å²) in [5.41, 5.74) is 1.01. The summed E-state index contributed by atoms with van der Waals surface area (Å²) in [6, 6.07) is 14.9. The van der Waals surface area contributed by atoms with Crippen molar-refractivity contribution in [1.82, 2.24) is 0 Å². The number of aliphatic carboxylic acids is 1. The molecule has 1 fully saturated rings. The van der Waals surface area contributed by atoms with Crippen molar-refractivity contribution in [1.29, 1.82) is 0 Å². The number of halogens is 1. The number of rotatable bonds is 8. The van der Waals surface area contributed by atoms with E-state index in [1.54, 1.807) is 24.3 Å². The van der Waals surface area contributed by atoms with Crippen molar-refractivity contribution in [2.75, 3.05) is 24.7 Å². The van der Waals surface area contributed by atoms with Gasteiger partial charge < -0.3 is 14.6 Å². The van der Waals surface area contributed by atoms with Crippen LogP contribution in [0.5, 0.6) is 0 Å². The van der Waals surface area contributed by atoms with Crippen molar-refractivity contribution in [3.63, 3.8) is 0 Å². The second-order valence-corrected chi connectivity index (χ2v) is 7.52. The topological polar surface area (TPSA) is 76.1 Å². The number of benzene rings is 2. The molecule has 1 N–H and O–H groups in total. The van der Waals surface area contributed by atoms with Crippen LogP contribution < -0.4 is 4.90 Å². The molecule has 0 spiro atoms. The molecule has 0 unspecified atom stereocenters. The van der Waals surface area contributed by atoms with Gasteiger partial charge in [0.05, 0.1) is 24.6 Å². The van der Waals surface area contributed by atoms with Crippen LogP contribution in [-0.4, -0.2) is 66.5 Å². The monoisotopic (exact) mass is 439 g/mol. The van der Waals surface area contributed by atoms with Gasteiger partial charge in [-0.1, -0.05) is 24.3 Å². The van der Waals surface area contributed by atoms with Crippen LogP contribution in [0, 0.1) is 17.7 Å². The number of amides is 1. The van der Waals surface area contributed by atoms with Gasteiger partial charge in [0.25, 0.3) is 0 Å². The molecular weight excluding hydrogens is 412 g/mol. The fraction of sp³-hybridized carbons (Fsp3) is 0.391. The second kappa shape index (κ2) is 12.8. The Bertz CT molecular complexity index is 843. The maximum atomic E-state index is 13.7. The number of carbonyl (C=O) groups excluding carboxylic acids is 1. The SMILES string of the molecule is O=C(O)COCC1CCC(COC(=O)N(c2ccccc2)c2cccc(F)c2)CC1.[NaH]. The number of hydrogen-bond acceptors (Lipinski definition) is 4. The molecule has 0 saturated heterocycles. The normalized spacial score (nSPS) is 18.0. The molecule has 0 radical (unpaired) electrons. The number of ether oxygens (including phenoxy) is 2. The molecule has 0 aliphatic heterocycles. The summed E-state index contributed by atoms with van der Waals surface area (Å²) in [6.07, 6.45) is 3.06. The Morgan fingerprint density at radius 3 is 2.16 bits per heavy atom. The molecule has 0 heterocycles. The fourth-order valence-electron chi connectivity index (χ4n) is 3.68. The van der Waals surface area contributed by atoms with E-state index >= 15 is 0 Å². The Morgan fingerprint density at radius 2 is 1.55 bits per heavy atom. The van der Waals surface area contributed by atoms with Crippen LogP contribution in [-0.2, 0) is 14.3 Å². The summed E-state index contributed by atoms with van der Waals surface area (Å²) in [5.74, 6) is -0.805.